The van der Waals surface area contributed by atoms with Crippen LogP contribution in [0.4, 0.5) is 5.69 Å². The number of amides is 1. The zero-order valence-electron chi connectivity index (χ0n) is 14.8. The van der Waals surface area contributed by atoms with E-state index >= 15 is 0 Å². The molecule has 1 saturated carbocycles. The minimum absolute atomic E-state index is 0.110. The highest BCUT2D eigenvalue weighted by molar-refractivity contribution is 7.89. The third-order valence-corrected chi connectivity index (χ3v) is 7.20. The molecular weight excluding hydrogens is 340 g/mol. The second kappa shape index (κ2) is 7.33. The van der Waals surface area contributed by atoms with Gasteiger partial charge in [0.1, 0.15) is 5.75 Å². The first kappa shape index (κ1) is 18.2. The van der Waals surface area contributed by atoms with Crippen molar-refractivity contribution in [3.63, 3.8) is 0 Å². The van der Waals surface area contributed by atoms with Gasteiger partial charge in [0.15, 0.2) is 0 Å². The van der Waals surface area contributed by atoms with Gasteiger partial charge >= 0.3 is 0 Å². The van der Waals surface area contributed by atoms with Gasteiger partial charge in [-0.25, -0.2) is 8.42 Å². The molecule has 1 aliphatic carbocycles. The van der Waals surface area contributed by atoms with Crippen LogP contribution in [0.2, 0.25) is 0 Å². The molecule has 2 atom stereocenters. The highest BCUT2D eigenvalue weighted by Gasteiger charge is 2.40. The van der Waals surface area contributed by atoms with Crippen molar-refractivity contribution in [2.45, 2.75) is 56.4 Å². The number of benzene rings is 1. The maximum Gasteiger partial charge on any atom is 0.243 e. The molecule has 25 heavy (non-hydrogen) atoms. The van der Waals surface area contributed by atoms with Crippen molar-refractivity contribution < 1.29 is 17.9 Å². The van der Waals surface area contributed by atoms with Crippen LogP contribution in [0.3, 0.4) is 0 Å². The third kappa shape index (κ3) is 3.67. The number of carbonyl (C=O) groups excluding carboxylic acids is 1. The number of ether oxygens (including phenoxy) is 1. The Bertz CT molecular complexity index is 745. The van der Waals surface area contributed by atoms with Gasteiger partial charge in [0.25, 0.3) is 0 Å². The molecule has 0 unspecified atom stereocenters. The Morgan fingerprint density at radius 1 is 1.20 bits per heavy atom. The molecule has 1 aliphatic heterocycles. The Morgan fingerprint density at radius 3 is 2.64 bits per heavy atom. The molecule has 1 saturated heterocycles. The summed E-state index contributed by atoms with van der Waals surface area (Å²) in [5.41, 5.74) is 0.383. The Hall–Kier alpha value is -1.60. The summed E-state index contributed by atoms with van der Waals surface area (Å²) in [7, 11) is -2.10. The van der Waals surface area contributed by atoms with Crippen molar-refractivity contribution in [3.05, 3.63) is 18.2 Å². The van der Waals surface area contributed by atoms with Gasteiger partial charge in [-0.2, -0.15) is 4.31 Å². The molecule has 0 spiro atoms. The fraction of sp³-hybridized carbons (Fsp3) is 0.611. The van der Waals surface area contributed by atoms with Crippen LogP contribution in [-0.2, 0) is 14.8 Å². The number of methoxy groups -OCH3 is 1. The SMILES string of the molecule is COc1ccc(S(=O)(=O)N2CCC[C@@H]3CCCC[C@@H]32)cc1NC(C)=O. The van der Waals surface area contributed by atoms with E-state index in [0.29, 0.717) is 23.9 Å². The maximum atomic E-state index is 13.3. The average molecular weight is 366 g/mol. The second-order valence-corrected chi connectivity index (χ2v) is 8.80. The summed E-state index contributed by atoms with van der Waals surface area (Å²) < 4.78 is 33.4. The lowest BCUT2D eigenvalue weighted by molar-refractivity contribution is -0.114. The molecular formula is C18H26N2O4S. The molecule has 2 fully saturated rings. The Balaban J connectivity index is 1.94. The summed E-state index contributed by atoms with van der Waals surface area (Å²) in [5, 5.41) is 2.65. The van der Waals surface area contributed by atoms with E-state index in [0.717, 1.165) is 32.1 Å². The van der Waals surface area contributed by atoms with Gasteiger partial charge in [-0.1, -0.05) is 12.8 Å². The monoisotopic (exact) mass is 366 g/mol. The van der Waals surface area contributed by atoms with Gasteiger partial charge in [0.05, 0.1) is 17.7 Å². The summed E-state index contributed by atoms with van der Waals surface area (Å²) in [5.74, 6) is 0.659. The van der Waals surface area contributed by atoms with E-state index in [9.17, 15) is 13.2 Å². The molecule has 2 aliphatic rings. The van der Waals surface area contributed by atoms with Crippen molar-refractivity contribution >= 4 is 21.6 Å². The fourth-order valence-electron chi connectivity index (χ4n) is 4.15. The Labute approximate surface area is 149 Å². The smallest absolute Gasteiger partial charge is 0.243 e. The average Bonchev–Trinajstić information content (AvgIpc) is 2.60. The summed E-state index contributed by atoms with van der Waals surface area (Å²) in [6, 6.07) is 4.77. The minimum atomic E-state index is -3.59. The quantitative estimate of drug-likeness (QED) is 0.889. The lowest BCUT2D eigenvalue weighted by Gasteiger charge is -2.43. The molecule has 1 heterocycles. The van der Waals surface area contributed by atoms with Gasteiger partial charge in [0, 0.05) is 19.5 Å². The van der Waals surface area contributed by atoms with Crippen LogP contribution in [0.5, 0.6) is 5.75 Å². The highest BCUT2D eigenvalue weighted by Crippen LogP contribution is 2.39. The number of rotatable bonds is 4. The predicted octanol–water partition coefficient (Wildman–Crippen LogP) is 3.00. The molecule has 138 valence electrons. The van der Waals surface area contributed by atoms with E-state index in [4.69, 9.17) is 4.74 Å². The lowest BCUT2D eigenvalue weighted by Crippen LogP contribution is -2.49. The van der Waals surface area contributed by atoms with Crippen LogP contribution < -0.4 is 10.1 Å². The molecule has 7 heteroatoms. The van der Waals surface area contributed by atoms with Gasteiger partial charge < -0.3 is 10.1 Å². The summed E-state index contributed by atoms with van der Waals surface area (Å²) >= 11 is 0. The molecule has 1 N–H and O–H groups in total. The number of hydrogen-bond donors (Lipinski definition) is 1. The van der Waals surface area contributed by atoms with Crippen molar-refractivity contribution in [2.75, 3.05) is 19.0 Å². The zero-order chi connectivity index (χ0) is 18.0. The lowest BCUT2D eigenvalue weighted by atomic mass is 9.79. The molecule has 1 amide bonds. The molecule has 1 aromatic carbocycles. The molecule has 0 aromatic heterocycles. The van der Waals surface area contributed by atoms with E-state index < -0.39 is 10.0 Å². The maximum absolute atomic E-state index is 13.3. The first-order valence-corrected chi connectivity index (χ1v) is 10.3. The fourth-order valence-corrected chi connectivity index (χ4v) is 5.93. The van der Waals surface area contributed by atoms with Crippen LogP contribution in [-0.4, -0.2) is 38.3 Å². The largest absolute Gasteiger partial charge is 0.495 e. The van der Waals surface area contributed by atoms with E-state index in [-0.39, 0.29) is 16.8 Å². The molecule has 1 aromatic rings. The normalized spacial score (nSPS) is 24.4. The molecule has 0 bridgehead atoms. The van der Waals surface area contributed by atoms with Crippen molar-refractivity contribution in [1.29, 1.82) is 0 Å². The number of fused-ring (bicyclic) bond motifs is 1. The van der Waals surface area contributed by atoms with E-state index in [1.54, 1.807) is 16.4 Å². The van der Waals surface area contributed by atoms with Crippen molar-refractivity contribution in [3.8, 4) is 5.75 Å². The van der Waals surface area contributed by atoms with Crippen LogP contribution in [0.25, 0.3) is 0 Å². The topological polar surface area (TPSA) is 75.7 Å². The highest BCUT2D eigenvalue weighted by atomic mass is 32.2. The summed E-state index contributed by atoms with van der Waals surface area (Å²) in [4.78, 5) is 11.6. The first-order valence-electron chi connectivity index (χ1n) is 8.91. The second-order valence-electron chi connectivity index (χ2n) is 6.91. The van der Waals surface area contributed by atoms with Gasteiger partial charge in [-0.15, -0.1) is 0 Å². The predicted molar refractivity (Wildman–Crippen MR) is 96.2 cm³/mol. The van der Waals surface area contributed by atoms with Gasteiger partial charge in [0.2, 0.25) is 15.9 Å². The Kier molecular flexibility index (Phi) is 5.34. The number of nitrogens with one attached hydrogen (secondary N) is 1. The van der Waals surface area contributed by atoms with E-state index in [1.165, 1.54) is 26.5 Å². The molecule has 0 radical (unpaired) electrons. The van der Waals surface area contributed by atoms with Gasteiger partial charge in [-0.3, -0.25) is 4.79 Å². The van der Waals surface area contributed by atoms with E-state index in [2.05, 4.69) is 5.32 Å². The van der Waals surface area contributed by atoms with Gasteiger partial charge in [-0.05, 0) is 49.8 Å². The van der Waals surface area contributed by atoms with Crippen LogP contribution in [0.15, 0.2) is 23.1 Å². The number of sulfonamides is 1. The van der Waals surface area contributed by atoms with Crippen molar-refractivity contribution in [1.82, 2.24) is 4.31 Å². The number of carbonyl (C=O) groups is 1. The van der Waals surface area contributed by atoms with Crippen molar-refractivity contribution in [2.24, 2.45) is 5.92 Å². The van der Waals surface area contributed by atoms with Crippen LogP contribution in [0.1, 0.15) is 45.4 Å². The number of nitrogens with zero attached hydrogens (tertiary/aromatic N) is 1. The van der Waals surface area contributed by atoms with E-state index in [1.807, 2.05) is 0 Å². The third-order valence-electron chi connectivity index (χ3n) is 5.28. The zero-order valence-corrected chi connectivity index (χ0v) is 15.6. The van der Waals surface area contributed by atoms with Crippen LogP contribution >= 0.6 is 0 Å². The first-order chi connectivity index (χ1) is 11.9. The van der Waals surface area contributed by atoms with Crippen LogP contribution in [0, 0.1) is 5.92 Å². The number of anilines is 1. The molecule has 3 rings (SSSR count). The Morgan fingerprint density at radius 2 is 1.92 bits per heavy atom. The molecule has 6 nitrogen and oxygen atoms in total. The standard InChI is InChI=1S/C18H26N2O4S/c1-13(21)19-16-12-15(9-10-18(16)24-2)25(22,23)20-11-5-7-14-6-3-4-8-17(14)20/h9-10,12,14,17H,3-8,11H2,1-2H3,(H,19,21)/t14-,17-/m0/s1. The minimum Gasteiger partial charge on any atom is -0.495 e. The summed E-state index contributed by atoms with van der Waals surface area (Å²) in [6.45, 7) is 1.96. The summed E-state index contributed by atoms with van der Waals surface area (Å²) in [6.07, 6.45) is 6.39. The number of hydrogen-bond acceptors (Lipinski definition) is 4. The number of piperidine rings is 1.